The summed E-state index contributed by atoms with van der Waals surface area (Å²) in [6, 6.07) is 10.7. The van der Waals surface area contributed by atoms with Crippen molar-refractivity contribution in [2.45, 2.75) is 13.3 Å². The second-order valence-electron chi connectivity index (χ2n) is 6.28. The van der Waals surface area contributed by atoms with Crippen LogP contribution in [0.4, 0.5) is 18.9 Å². The standard InChI is InChI=1S/C19H18ClF3N2O2/c1-13-2-5-15(20)12-17(13)24-8-10-25(11-9-24)18(26)14-3-6-16(7-4-14)27-19(21,22)23/h2-7,12H,8-11H2,1H3. The molecule has 0 bridgehead atoms. The molecule has 2 aromatic carbocycles. The Morgan fingerprint density at radius 1 is 1.04 bits per heavy atom. The van der Waals surface area contributed by atoms with Crippen molar-refractivity contribution in [1.82, 2.24) is 4.90 Å². The van der Waals surface area contributed by atoms with Crippen molar-refractivity contribution in [3.8, 4) is 5.75 Å². The lowest BCUT2D eigenvalue weighted by Crippen LogP contribution is -2.49. The number of carbonyl (C=O) groups excluding carboxylic acids is 1. The Labute approximate surface area is 160 Å². The molecule has 1 aliphatic heterocycles. The molecule has 0 radical (unpaired) electrons. The van der Waals surface area contributed by atoms with Gasteiger partial charge in [0.05, 0.1) is 0 Å². The van der Waals surface area contributed by atoms with Gasteiger partial charge in [0.1, 0.15) is 5.75 Å². The maximum absolute atomic E-state index is 12.6. The Morgan fingerprint density at radius 2 is 1.67 bits per heavy atom. The van der Waals surface area contributed by atoms with E-state index in [2.05, 4.69) is 9.64 Å². The average molecular weight is 399 g/mol. The van der Waals surface area contributed by atoms with Gasteiger partial charge >= 0.3 is 6.36 Å². The van der Waals surface area contributed by atoms with Crippen molar-refractivity contribution in [2.75, 3.05) is 31.1 Å². The molecule has 1 saturated heterocycles. The molecule has 4 nitrogen and oxygen atoms in total. The highest BCUT2D eigenvalue weighted by Gasteiger charge is 2.31. The molecular formula is C19H18ClF3N2O2. The SMILES string of the molecule is Cc1ccc(Cl)cc1N1CCN(C(=O)c2ccc(OC(F)(F)F)cc2)CC1. The summed E-state index contributed by atoms with van der Waals surface area (Å²) in [4.78, 5) is 16.4. The number of carbonyl (C=O) groups is 1. The maximum atomic E-state index is 12.6. The third-order valence-electron chi connectivity index (χ3n) is 4.41. The molecule has 0 atom stereocenters. The smallest absolute Gasteiger partial charge is 0.406 e. The molecule has 0 aromatic heterocycles. The second-order valence-corrected chi connectivity index (χ2v) is 6.72. The van der Waals surface area contributed by atoms with Gasteiger partial charge in [-0.3, -0.25) is 4.79 Å². The summed E-state index contributed by atoms with van der Waals surface area (Å²) in [5, 5.41) is 0.662. The largest absolute Gasteiger partial charge is 0.573 e. The lowest BCUT2D eigenvalue weighted by Gasteiger charge is -2.37. The van der Waals surface area contributed by atoms with E-state index in [1.54, 1.807) is 4.90 Å². The Kier molecular flexibility index (Phi) is 5.51. The first-order valence-electron chi connectivity index (χ1n) is 8.39. The van der Waals surface area contributed by atoms with Crippen molar-refractivity contribution in [3.05, 3.63) is 58.6 Å². The molecular weight excluding hydrogens is 381 g/mol. The van der Waals surface area contributed by atoms with Crippen LogP contribution in [0.25, 0.3) is 0 Å². The van der Waals surface area contributed by atoms with Crippen molar-refractivity contribution in [3.63, 3.8) is 0 Å². The molecule has 3 rings (SSSR count). The van der Waals surface area contributed by atoms with Gasteiger partial charge < -0.3 is 14.5 Å². The number of rotatable bonds is 3. The first-order valence-corrected chi connectivity index (χ1v) is 8.77. The lowest BCUT2D eigenvalue weighted by molar-refractivity contribution is -0.274. The quantitative estimate of drug-likeness (QED) is 0.762. The fourth-order valence-corrected chi connectivity index (χ4v) is 3.22. The Morgan fingerprint density at radius 3 is 2.26 bits per heavy atom. The minimum absolute atomic E-state index is 0.212. The predicted octanol–water partition coefficient (Wildman–Crippen LogP) is 4.51. The van der Waals surface area contributed by atoms with Crippen LogP contribution in [0.1, 0.15) is 15.9 Å². The molecule has 27 heavy (non-hydrogen) atoms. The van der Waals surface area contributed by atoms with Crippen LogP contribution in [0.5, 0.6) is 5.75 Å². The van der Waals surface area contributed by atoms with Gasteiger partial charge in [-0.2, -0.15) is 0 Å². The first kappa shape index (κ1) is 19.4. The van der Waals surface area contributed by atoms with E-state index >= 15 is 0 Å². The van der Waals surface area contributed by atoms with Gasteiger partial charge in [-0.1, -0.05) is 17.7 Å². The van der Waals surface area contributed by atoms with E-state index in [1.165, 1.54) is 12.1 Å². The van der Waals surface area contributed by atoms with Gasteiger partial charge in [0.15, 0.2) is 0 Å². The van der Waals surface area contributed by atoms with Gasteiger partial charge in [-0.05, 0) is 48.9 Å². The zero-order chi connectivity index (χ0) is 19.6. The third kappa shape index (κ3) is 4.86. The molecule has 1 aliphatic rings. The number of benzene rings is 2. The van der Waals surface area contributed by atoms with Crippen LogP contribution in [-0.2, 0) is 0 Å². The average Bonchev–Trinajstić information content (AvgIpc) is 2.63. The highest BCUT2D eigenvalue weighted by atomic mass is 35.5. The summed E-state index contributed by atoms with van der Waals surface area (Å²) in [5.41, 5.74) is 2.49. The van der Waals surface area contributed by atoms with E-state index in [9.17, 15) is 18.0 Å². The molecule has 1 amide bonds. The van der Waals surface area contributed by atoms with E-state index in [1.807, 2.05) is 25.1 Å². The number of hydrogen-bond donors (Lipinski definition) is 0. The van der Waals surface area contributed by atoms with Crippen molar-refractivity contribution < 1.29 is 22.7 Å². The number of ether oxygens (including phenoxy) is 1. The Hall–Kier alpha value is -2.41. The monoisotopic (exact) mass is 398 g/mol. The van der Waals surface area contributed by atoms with Crippen LogP contribution in [-0.4, -0.2) is 43.3 Å². The number of amides is 1. The van der Waals surface area contributed by atoms with Crippen LogP contribution in [0.2, 0.25) is 5.02 Å². The summed E-state index contributed by atoms with van der Waals surface area (Å²) < 4.78 is 40.5. The van der Waals surface area contributed by atoms with Crippen molar-refractivity contribution in [1.29, 1.82) is 0 Å². The molecule has 1 fully saturated rings. The highest BCUT2D eigenvalue weighted by molar-refractivity contribution is 6.30. The van der Waals surface area contributed by atoms with E-state index < -0.39 is 6.36 Å². The minimum atomic E-state index is -4.75. The van der Waals surface area contributed by atoms with E-state index in [0.717, 1.165) is 23.4 Å². The van der Waals surface area contributed by atoms with Gasteiger partial charge in [0.2, 0.25) is 0 Å². The zero-order valence-corrected chi connectivity index (χ0v) is 15.3. The van der Waals surface area contributed by atoms with E-state index in [0.29, 0.717) is 36.8 Å². The van der Waals surface area contributed by atoms with E-state index in [-0.39, 0.29) is 11.7 Å². The maximum Gasteiger partial charge on any atom is 0.573 e. The van der Waals surface area contributed by atoms with Crippen LogP contribution in [0, 0.1) is 6.92 Å². The van der Waals surface area contributed by atoms with Gasteiger partial charge in [0, 0.05) is 42.5 Å². The lowest BCUT2D eigenvalue weighted by atomic mass is 10.1. The van der Waals surface area contributed by atoms with Crippen molar-refractivity contribution >= 4 is 23.2 Å². The van der Waals surface area contributed by atoms with Gasteiger partial charge in [-0.25, -0.2) is 0 Å². The third-order valence-corrected chi connectivity index (χ3v) is 4.65. The number of aryl methyl sites for hydroxylation is 1. The van der Waals surface area contributed by atoms with Crippen molar-refractivity contribution in [2.24, 2.45) is 0 Å². The number of anilines is 1. The normalized spacial score (nSPS) is 15.0. The minimum Gasteiger partial charge on any atom is -0.406 e. The molecule has 0 unspecified atom stereocenters. The van der Waals surface area contributed by atoms with Gasteiger partial charge in [-0.15, -0.1) is 13.2 Å². The van der Waals surface area contributed by atoms with Crippen LogP contribution < -0.4 is 9.64 Å². The van der Waals surface area contributed by atoms with Crippen LogP contribution in [0.15, 0.2) is 42.5 Å². The summed E-state index contributed by atoms with van der Waals surface area (Å²) in [5.74, 6) is -0.559. The number of hydrogen-bond acceptors (Lipinski definition) is 3. The number of piperazine rings is 1. The first-order chi connectivity index (χ1) is 12.7. The predicted molar refractivity (Wildman–Crippen MR) is 97.4 cm³/mol. The van der Waals surface area contributed by atoms with E-state index in [4.69, 9.17) is 11.6 Å². The number of nitrogens with zero attached hydrogens (tertiary/aromatic N) is 2. The fourth-order valence-electron chi connectivity index (χ4n) is 3.06. The summed E-state index contributed by atoms with van der Waals surface area (Å²) in [7, 11) is 0. The highest BCUT2D eigenvalue weighted by Crippen LogP contribution is 2.26. The number of alkyl halides is 3. The molecule has 0 aliphatic carbocycles. The molecule has 144 valence electrons. The summed E-state index contributed by atoms with van der Waals surface area (Å²) >= 11 is 6.08. The van der Waals surface area contributed by atoms with Gasteiger partial charge in [0.25, 0.3) is 5.91 Å². The molecule has 0 spiro atoms. The van der Waals surface area contributed by atoms with Crippen LogP contribution >= 0.6 is 11.6 Å². The molecule has 1 heterocycles. The Bertz CT molecular complexity index is 817. The Balaban J connectivity index is 1.62. The fraction of sp³-hybridized carbons (Fsp3) is 0.316. The number of halogens is 4. The summed E-state index contributed by atoms with van der Waals surface area (Å²) in [6.45, 7) is 4.36. The summed E-state index contributed by atoms with van der Waals surface area (Å²) in [6.07, 6.45) is -4.75. The zero-order valence-electron chi connectivity index (χ0n) is 14.6. The molecule has 8 heteroatoms. The topological polar surface area (TPSA) is 32.8 Å². The molecule has 0 saturated carbocycles. The molecule has 2 aromatic rings. The molecule has 0 N–H and O–H groups in total. The second kappa shape index (κ2) is 7.68. The van der Waals surface area contributed by atoms with Crippen LogP contribution in [0.3, 0.4) is 0 Å².